The number of halogens is 3. The van der Waals surface area contributed by atoms with E-state index in [9.17, 15) is 27.9 Å². The monoisotopic (exact) mass is 386 g/mol. The van der Waals surface area contributed by atoms with Crippen LogP contribution in [0.25, 0.3) is 0 Å². The second-order valence-electron chi connectivity index (χ2n) is 7.91. The van der Waals surface area contributed by atoms with Crippen molar-refractivity contribution in [3.8, 4) is 0 Å². The molecule has 0 spiro atoms. The van der Waals surface area contributed by atoms with Crippen molar-refractivity contribution in [1.29, 1.82) is 0 Å². The molecule has 0 radical (unpaired) electrons. The van der Waals surface area contributed by atoms with Gasteiger partial charge in [0.15, 0.2) is 0 Å². The summed E-state index contributed by atoms with van der Waals surface area (Å²) in [7, 11) is 0. The van der Waals surface area contributed by atoms with E-state index in [-0.39, 0.29) is 6.42 Å². The van der Waals surface area contributed by atoms with Crippen molar-refractivity contribution in [2.45, 2.75) is 63.8 Å². The highest BCUT2D eigenvalue weighted by Crippen LogP contribution is 2.38. The van der Waals surface area contributed by atoms with Crippen molar-refractivity contribution in [2.75, 3.05) is 6.54 Å². The fraction of sp³-hybridized carbons (Fsp3) is 0.579. The summed E-state index contributed by atoms with van der Waals surface area (Å²) in [6.07, 6.45) is -5.75. The molecule has 1 saturated heterocycles. The highest BCUT2D eigenvalue weighted by atomic mass is 19.4. The highest BCUT2D eigenvalue weighted by Gasteiger charge is 2.49. The summed E-state index contributed by atoms with van der Waals surface area (Å²) in [5.41, 5.74) is -0.147. The Morgan fingerprint density at radius 3 is 2.22 bits per heavy atom. The molecule has 5 nitrogen and oxygen atoms in total. The normalized spacial score (nSPS) is 24.0. The van der Waals surface area contributed by atoms with E-state index in [2.05, 4.69) is 0 Å². The number of nitrogens with zero attached hydrogens (tertiary/aromatic N) is 2. The molecule has 0 aromatic heterocycles. The van der Waals surface area contributed by atoms with Gasteiger partial charge in [-0.2, -0.15) is 13.2 Å². The Morgan fingerprint density at radius 1 is 1.22 bits per heavy atom. The van der Waals surface area contributed by atoms with Crippen LogP contribution in [0.15, 0.2) is 30.3 Å². The minimum atomic E-state index is -4.57. The molecule has 1 aromatic rings. The van der Waals surface area contributed by atoms with Gasteiger partial charge in [0.25, 0.3) is 0 Å². The SMILES string of the molecule is C[C@@H]1[C@H](c2ccccc2)CC(N(C(=O)O)C(C)(C)C)C(=O)N1CC(F)(F)F. The van der Waals surface area contributed by atoms with Gasteiger partial charge in [0.1, 0.15) is 12.6 Å². The van der Waals surface area contributed by atoms with Crippen LogP contribution < -0.4 is 0 Å². The molecule has 1 aliphatic heterocycles. The average molecular weight is 386 g/mol. The Kier molecular flexibility index (Phi) is 5.77. The van der Waals surface area contributed by atoms with E-state index in [1.165, 1.54) is 0 Å². The van der Waals surface area contributed by atoms with E-state index in [1.54, 1.807) is 58.0 Å². The Hall–Kier alpha value is -2.25. The molecular formula is C19H25F3N2O3. The van der Waals surface area contributed by atoms with Gasteiger partial charge in [0.05, 0.1) is 0 Å². The third kappa shape index (κ3) is 4.73. The Bertz CT molecular complexity index is 686. The van der Waals surface area contributed by atoms with Crippen LogP contribution in [0.2, 0.25) is 0 Å². The van der Waals surface area contributed by atoms with Crippen LogP contribution in [0.1, 0.15) is 45.6 Å². The van der Waals surface area contributed by atoms with Crippen molar-refractivity contribution in [1.82, 2.24) is 9.80 Å². The molecule has 1 N–H and O–H groups in total. The third-order valence-electron chi connectivity index (χ3n) is 4.94. The molecule has 1 fully saturated rings. The molecule has 0 bridgehead atoms. The molecule has 3 atom stereocenters. The van der Waals surface area contributed by atoms with Gasteiger partial charge in [-0.3, -0.25) is 9.69 Å². The van der Waals surface area contributed by atoms with Gasteiger partial charge < -0.3 is 10.0 Å². The topological polar surface area (TPSA) is 60.9 Å². The molecule has 1 heterocycles. The Labute approximate surface area is 156 Å². The van der Waals surface area contributed by atoms with E-state index in [0.717, 1.165) is 15.4 Å². The summed E-state index contributed by atoms with van der Waals surface area (Å²) in [5.74, 6) is -1.20. The smallest absolute Gasteiger partial charge is 0.408 e. The number of benzene rings is 1. The lowest BCUT2D eigenvalue weighted by Crippen LogP contribution is -2.63. The standard InChI is InChI=1S/C19H25F3N2O3/c1-12-14(13-8-6-5-7-9-13)10-15(24(17(26)27)18(2,3)4)16(25)23(12)11-19(20,21)22/h5-9,12,14-15H,10-11H2,1-4H3,(H,26,27)/t12-,14-,15?/m1/s1. The molecule has 2 rings (SSSR count). The van der Waals surface area contributed by atoms with Gasteiger partial charge in [-0.25, -0.2) is 4.79 Å². The van der Waals surface area contributed by atoms with Crippen molar-refractivity contribution in [2.24, 2.45) is 0 Å². The van der Waals surface area contributed by atoms with Gasteiger partial charge in [-0.15, -0.1) is 0 Å². The van der Waals surface area contributed by atoms with E-state index in [0.29, 0.717) is 0 Å². The first-order valence-corrected chi connectivity index (χ1v) is 8.77. The summed E-state index contributed by atoms with van der Waals surface area (Å²) < 4.78 is 39.3. The molecule has 150 valence electrons. The third-order valence-corrected chi connectivity index (χ3v) is 4.94. The number of carbonyl (C=O) groups excluding carboxylic acids is 1. The van der Waals surface area contributed by atoms with Gasteiger partial charge in [0, 0.05) is 17.5 Å². The summed E-state index contributed by atoms with van der Waals surface area (Å²) in [6.45, 7) is 5.05. The largest absolute Gasteiger partial charge is 0.465 e. The number of hydrogen-bond donors (Lipinski definition) is 1. The van der Waals surface area contributed by atoms with Gasteiger partial charge in [-0.1, -0.05) is 30.3 Å². The Balaban J connectivity index is 2.50. The zero-order valence-corrected chi connectivity index (χ0v) is 15.8. The predicted molar refractivity (Wildman–Crippen MR) is 94.4 cm³/mol. The molecule has 8 heteroatoms. The van der Waals surface area contributed by atoms with Crippen molar-refractivity contribution < 1.29 is 27.9 Å². The predicted octanol–water partition coefficient (Wildman–Crippen LogP) is 4.10. The van der Waals surface area contributed by atoms with Crippen molar-refractivity contribution in [3.63, 3.8) is 0 Å². The first-order valence-electron chi connectivity index (χ1n) is 8.77. The molecule has 2 amide bonds. The fourth-order valence-electron chi connectivity index (χ4n) is 3.78. The average Bonchev–Trinajstić information content (AvgIpc) is 2.52. The van der Waals surface area contributed by atoms with Gasteiger partial charge in [0.2, 0.25) is 5.91 Å². The minimum Gasteiger partial charge on any atom is -0.465 e. The fourth-order valence-corrected chi connectivity index (χ4v) is 3.78. The molecule has 0 saturated carbocycles. The zero-order valence-electron chi connectivity index (χ0n) is 15.8. The minimum absolute atomic E-state index is 0.141. The summed E-state index contributed by atoms with van der Waals surface area (Å²) in [6, 6.07) is 7.07. The second-order valence-corrected chi connectivity index (χ2v) is 7.91. The number of hydrogen-bond acceptors (Lipinski definition) is 2. The second kappa shape index (κ2) is 7.40. The first kappa shape index (κ1) is 21.1. The van der Waals surface area contributed by atoms with Crippen molar-refractivity contribution in [3.05, 3.63) is 35.9 Å². The molecular weight excluding hydrogens is 361 g/mol. The summed E-state index contributed by atoms with van der Waals surface area (Å²) in [4.78, 5) is 26.5. The zero-order chi connectivity index (χ0) is 20.6. The van der Waals surface area contributed by atoms with E-state index >= 15 is 0 Å². The number of carboxylic acid groups (broad SMARTS) is 1. The van der Waals surface area contributed by atoms with E-state index in [4.69, 9.17) is 0 Å². The number of alkyl halides is 3. The molecule has 1 aromatic carbocycles. The maximum absolute atomic E-state index is 13.1. The van der Waals surface area contributed by atoms with Crippen LogP contribution in [0.4, 0.5) is 18.0 Å². The number of likely N-dealkylation sites (tertiary alicyclic amines) is 1. The molecule has 0 aliphatic carbocycles. The van der Waals surface area contributed by atoms with E-state index < -0.39 is 48.3 Å². The van der Waals surface area contributed by atoms with Gasteiger partial charge in [-0.05, 0) is 39.7 Å². The summed E-state index contributed by atoms with van der Waals surface area (Å²) >= 11 is 0. The van der Waals surface area contributed by atoms with Crippen LogP contribution in [-0.4, -0.2) is 57.3 Å². The Morgan fingerprint density at radius 2 is 1.78 bits per heavy atom. The quantitative estimate of drug-likeness (QED) is 0.851. The maximum atomic E-state index is 13.1. The summed E-state index contributed by atoms with van der Waals surface area (Å²) in [5, 5.41) is 9.65. The van der Waals surface area contributed by atoms with E-state index in [1.807, 2.05) is 0 Å². The lowest BCUT2D eigenvalue weighted by Gasteiger charge is -2.48. The first-order chi connectivity index (χ1) is 12.3. The highest BCUT2D eigenvalue weighted by molar-refractivity contribution is 5.87. The lowest BCUT2D eigenvalue weighted by atomic mass is 9.80. The van der Waals surface area contributed by atoms with Crippen LogP contribution in [-0.2, 0) is 4.79 Å². The number of rotatable bonds is 3. The van der Waals surface area contributed by atoms with Gasteiger partial charge >= 0.3 is 12.3 Å². The maximum Gasteiger partial charge on any atom is 0.408 e. The van der Waals surface area contributed by atoms with Crippen LogP contribution in [0.3, 0.4) is 0 Å². The molecule has 1 aliphatic rings. The molecule has 27 heavy (non-hydrogen) atoms. The van der Waals surface area contributed by atoms with Crippen LogP contribution in [0, 0.1) is 0 Å². The number of piperidine rings is 1. The lowest BCUT2D eigenvalue weighted by molar-refractivity contribution is -0.174. The number of carbonyl (C=O) groups is 2. The van der Waals surface area contributed by atoms with Crippen LogP contribution >= 0.6 is 0 Å². The van der Waals surface area contributed by atoms with Crippen molar-refractivity contribution >= 4 is 12.0 Å². The van der Waals surface area contributed by atoms with Crippen LogP contribution in [0.5, 0.6) is 0 Å². The molecule has 1 unspecified atom stereocenters. The number of amides is 2.